The van der Waals surface area contributed by atoms with E-state index >= 15 is 0 Å². The number of halogens is 3. The molecule has 68 valence electrons. The Balaban J connectivity index is 0. The van der Waals surface area contributed by atoms with Crippen molar-refractivity contribution in [2.24, 2.45) is 0 Å². The van der Waals surface area contributed by atoms with Crippen molar-refractivity contribution in [3.63, 3.8) is 0 Å². The SMILES string of the molecule is CN(C)C=O.OCC(F)(F)F. The number of hydrogen-bond acceptors (Lipinski definition) is 2. The van der Waals surface area contributed by atoms with E-state index in [-0.39, 0.29) is 0 Å². The molecule has 6 heteroatoms. The number of alkyl halides is 3. The van der Waals surface area contributed by atoms with Gasteiger partial charge in [0, 0.05) is 14.1 Å². The van der Waals surface area contributed by atoms with Crippen LogP contribution in [0.5, 0.6) is 0 Å². The first-order chi connectivity index (χ1) is 4.83. The van der Waals surface area contributed by atoms with E-state index < -0.39 is 12.8 Å². The van der Waals surface area contributed by atoms with E-state index in [9.17, 15) is 18.0 Å². The lowest BCUT2D eigenvalue weighted by atomic mass is 10.7. The topological polar surface area (TPSA) is 40.5 Å². The second kappa shape index (κ2) is 5.96. The minimum Gasteiger partial charge on any atom is -0.387 e. The van der Waals surface area contributed by atoms with Gasteiger partial charge >= 0.3 is 6.18 Å². The maximum atomic E-state index is 10.5. The third-order valence-corrected chi connectivity index (χ3v) is 0.390. The van der Waals surface area contributed by atoms with Gasteiger partial charge in [-0.05, 0) is 0 Å². The summed E-state index contributed by atoms with van der Waals surface area (Å²) >= 11 is 0. The molecule has 0 radical (unpaired) electrons. The summed E-state index contributed by atoms with van der Waals surface area (Å²) in [4.78, 5) is 10.9. The van der Waals surface area contributed by atoms with E-state index in [1.165, 1.54) is 4.90 Å². The summed E-state index contributed by atoms with van der Waals surface area (Å²) in [5.74, 6) is 0. The van der Waals surface area contributed by atoms with Crippen LogP contribution in [0.3, 0.4) is 0 Å². The number of nitrogens with zero attached hydrogens (tertiary/aromatic N) is 1. The Bertz CT molecular complexity index is 102. The first-order valence-electron chi connectivity index (χ1n) is 2.63. The maximum Gasteiger partial charge on any atom is 0.411 e. The summed E-state index contributed by atoms with van der Waals surface area (Å²) in [7, 11) is 3.38. The number of carbonyl (C=O) groups is 1. The molecule has 1 N–H and O–H groups in total. The van der Waals surface area contributed by atoms with Gasteiger partial charge in [0.25, 0.3) is 0 Å². The average Bonchev–Trinajstić information content (AvgIpc) is 1.88. The van der Waals surface area contributed by atoms with Crippen molar-refractivity contribution >= 4 is 6.41 Å². The average molecular weight is 173 g/mol. The van der Waals surface area contributed by atoms with Gasteiger partial charge in [0.2, 0.25) is 6.41 Å². The van der Waals surface area contributed by atoms with E-state index in [1.807, 2.05) is 0 Å². The van der Waals surface area contributed by atoms with Gasteiger partial charge in [-0.25, -0.2) is 0 Å². The summed E-state index contributed by atoms with van der Waals surface area (Å²) in [6.07, 6.45) is -3.65. The van der Waals surface area contributed by atoms with Crippen molar-refractivity contribution in [1.29, 1.82) is 0 Å². The number of hydrogen-bond donors (Lipinski definition) is 1. The van der Waals surface area contributed by atoms with E-state index in [4.69, 9.17) is 5.11 Å². The minimum atomic E-state index is -4.40. The number of carbonyl (C=O) groups excluding carboxylic acids is 1. The first kappa shape index (κ1) is 12.9. The van der Waals surface area contributed by atoms with Crippen molar-refractivity contribution in [2.75, 3.05) is 20.7 Å². The highest BCUT2D eigenvalue weighted by Gasteiger charge is 2.24. The summed E-state index contributed by atoms with van der Waals surface area (Å²) < 4.78 is 31.6. The summed E-state index contributed by atoms with van der Waals surface area (Å²) in [5.41, 5.74) is 0. The molecule has 0 aliphatic carbocycles. The summed E-state index contributed by atoms with van der Waals surface area (Å²) in [5, 5.41) is 7.28. The van der Waals surface area contributed by atoms with Gasteiger partial charge in [-0.15, -0.1) is 0 Å². The quantitative estimate of drug-likeness (QED) is 0.577. The van der Waals surface area contributed by atoms with Gasteiger partial charge < -0.3 is 10.0 Å². The molecule has 0 spiro atoms. The molecule has 0 heterocycles. The van der Waals surface area contributed by atoms with Gasteiger partial charge in [-0.1, -0.05) is 0 Å². The third-order valence-electron chi connectivity index (χ3n) is 0.390. The van der Waals surface area contributed by atoms with Gasteiger partial charge in [-0.3, -0.25) is 4.79 Å². The molecule has 0 aliphatic rings. The highest BCUT2D eigenvalue weighted by atomic mass is 19.4. The van der Waals surface area contributed by atoms with Crippen molar-refractivity contribution in [1.82, 2.24) is 4.90 Å². The molecule has 0 bridgehead atoms. The number of rotatable bonds is 1. The van der Waals surface area contributed by atoms with Crippen LogP contribution in [0.4, 0.5) is 13.2 Å². The smallest absolute Gasteiger partial charge is 0.387 e. The molecule has 0 rings (SSSR count). The molecular weight excluding hydrogens is 163 g/mol. The van der Waals surface area contributed by atoms with Crippen molar-refractivity contribution in [3.8, 4) is 0 Å². The fourth-order valence-corrected chi connectivity index (χ4v) is 0. The Labute approximate surface area is 62.4 Å². The van der Waals surface area contributed by atoms with Crippen LogP contribution < -0.4 is 0 Å². The first-order valence-corrected chi connectivity index (χ1v) is 2.63. The van der Waals surface area contributed by atoms with E-state index in [1.54, 1.807) is 14.1 Å². The van der Waals surface area contributed by atoms with Crippen LogP contribution in [0.15, 0.2) is 0 Å². The maximum absolute atomic E-state index is 10.5. The Morgan fingerprint density at radius 1 is 1.45 bits per heavy atom. The molecule has 0 aliphatic heterocycles. The zero-order valence-corrected chi connectivity index (χ0v) is 6.22. The lowest BCUT2D eigenvalue weighted by Gasteiger charge is -1.95. The second-order valence-corrected chi connectivity index (χ2v) is 1.84. The Hall–Kier alpha value is -0.780. The second-order valence-electron chi connectivity index (χ2n) is 1.84. The van der Waals surface area contributed by atoms with Gasteiger partial charge in [0.1, 0.15) is 6.61 Å². The zero-order valence-electron chi connectivity index (χ0n) is 6.22. The minimum absolute atomic E-state index is 0.750. The monoisotopic (exact) mass is 173 g/mol. The largest absolute Gasteiger partial charge is 0.411 e. The molecule has 0 saturated carbocycles. The lowest BCUT2D eigenvalue weighted by molar-refractivity contribution is -0.159. The Kier molecular flexibility index (Phi) is 6.97. The molecule has 0 aromatic carbocycles. The molecular formula is C5H10F3NO2. The normalized spacial score (nSPS) is 9.64. The Morgan fingerprint density at radius 3 is 1.64 bits per heavy atom. The molecule has 0 aromatic heterocycles. The molecule has 11 heavy (non-hydrogen) atoms. The molecule has 0 fully saturated rings. The molecule has 0 aromatic rings. The lowest BCUT2D eigenvalue weighted by Crippen LogP contribution is -2.12. The van der Waals surface area contributed by atoms with Crippen molar-refractivity contribution in [2.45, 2.75) is 6.18 Å². The van der Waals surface area contributed by atoms with E-state index in [0.29, 0.717) is 0 Å². The third kappa shape index (κ3) is 27.0. The number of amides is 1. The molecule has 0 saturated heterocycles. The van der Waals surface area contributed by atoms with Crippen molar-refractivity contribution in [3.05, 3.63) is 0 Å². The predicted octanol–water partition coefficient (Wildman–Crippen LogP) is 0.245. The molecule has 0 atom stereocenters. The van der Waals surface area contributed by atoms with Crippen LogP contribution >= 0.6 is 0 Å². The van der Waals surface area contributed by atoms with Crippen molar-refractivity contribution < 1.29 is 23.1 Å². The zero-order chi connectivity index (χ0) is 9.49. The highest BCUT2D eigenvalue weighted by Crippen LogP contribution is 2.11. The molecule has 3 nitrogen and oxygen atoms in total. The van der Waals surface area contributed by atoms with Gasteiger partial charge in [0.05, 0.1) is 0 Å². The van der Waals surface area contributed by atoms with Crippen LogP contribution in [-0.4, -0.2) is 43.3 Å². The molecule has 0 unspecified atom stereocenters. The fraction of sp³-hybridized carbons (Fsp3) is 0.800. The number of aliphatic hydroxyl groups excluding tert-OH is 1. The van der Waals surface area contributed by atoms with Gasteiger partial charge in [-0.2, -0.15) is 13.2 Å². The van der Waals surface area contributed by atoms with Crippen LogP contribution in [0, 0.1) is 0 Å². The fourth-order valence-electron chi connectivity index (χ4n) is 0. The van der Waals surface area contributed by atoms with Gasteiger partial charge in [0.15, 0.2) is 0 Å². The summed E-state index contributed by atoms with van der Waals surface area (Å²) in [6, 6.07) is 0. The van der Waals surface area contributed by atoms with E-state index in [0.717, 1.165) is 6.41 Å². The van der Waals surface area contributed by atoms with Crippen LogP contribution in [-0.2, 0) is 4.79 Å². The standard InChI is InChI=1S/C3H7NO.C2H3F3O/c1-4(2)3-5;3-2(4,5)1-6/h3H,1-2H3;6H,1H2. The van der Waals surface area contributed by atoms with E-state index in [2.05, 4.69) is 0 Å². The number of aliphatic hydroxyl groups is 1. The highest BCUT2D eigenvalue weighted by molar-refractivity contribution is 5.45. The Morgan fingerprint density at radius 2 is 1.64 bits per heavy atom. The van der Waals surface area contributed by atoms with Crippen LogP contribution in [0.2, 0.25) is 0 Å². The summed E-state index contributed by atoms with van der Waals surface area (Å²) in [6.45, 7) is -1.73. The van der Waals surface area contributed by atoms with Crippen LogP contribution in [0.25, 0.3) is 0 Å². The molecule has 1 amide bonds. The van der Waals surface area contributed by atoms with Crippen LogP contribution in [0.1, 0.15) is 0 Å². The predicted molar refractivity (Wildman–Crippen MR) is 32.9 cm³/mol.